The highest BCUT2D eigenvalue weighted by Crippen LogP contribution is 2.34. The highest BCUT2D eigenvalue weighted by Gasteiger charge is 2.35. The number of thioether (sulfide) groups is 1. The van der Waals surface area contributed by atoms with Gasteiger partial charge in [0.05, 0.1) is 30.2 Å². The Kier molecular flexibility index (Phi) is 4.87. The Labute approximate surface area is 149 Å². The van der Waals surface area contributed by atoms with Crippen molar-refractivity contribution in [1.82, 2.24) is 4.90 Å². The highest BCUT2D eigenvalue weighted by molar-refractivity contribution is 8.18. The van der Waals surface area contributed by atoms with E-state index in [9.17, 15) is 9.59 Å². The summed E-state index contributed by atoms with van der Waals surface area (Å²) in [5.74, 6) is 0.321. The van der Waals surface area contributed by atoms with Crippen LogP contribution in [0.4, 0.5) is 4.79 Å². The van der Waals surface area contributed by atoms with Crippen LogP contribution in [-0.4, -0.2) is 23.2 Å². The van der Waals surface area contributed by atoms with Gasteiger partial charge in [-0.05, 0) is 47.2 Å². The number of methoxy groups -OCH3 is 1. The third-order valence-corrected chi connectivity index (χ3v) is 4.64. The summed E-state index contributed by atoms with van der Waals surface area (Å²) in [5, 5.41) is 8.81. The Hall–Kier alpha value is -3.04. The van der Waals surface area contributed by atoms with Gasteiger partial charge in [0.2, 0.25) is 0 Å². The lowest BCUT2D eigenvalue weighted by Crippen LogP contribution is -2.27. The van der Waals surface area contributed by atoms with E-state index in [1.54, 1.807) is 43.5 Å². The molecule has 1 aliphatic rings. The quantitative estimate of drug-likeness (QED) is 0.784. The first-order chi connectivity index (χ1) is 12.1. The Bertz CT molecular complexity index is 915. The standard InChI is InChI=1S/C19H14N2O3S/c1-24-16-8-4-5-13(9-16)10-17-18(22)21(19(23)25-17)12-15-7-3-2-6-14(15)11-20/h2-10H,12H2,1H3/b17-10+. The fourth-order valence-electron chi connectivity index (χ4n) is 2.46. The molecular weight excluding hydrogens is 336 g/mol. The number of benzene rings is 2. The van der Waals surface area contributed by atoms with E-state index in [1.807, 2.05) is 18.2 Å². The van der Waals surface area contributed by atoms with Crippen molar-refractivity contribution < 1.29 is 14.3 Å². The Morgan fingerprint density at radius 1 is 1.20 bits per heavy atom. The summed E-state index contributed by atoms with van der Waals surface area (Å²) < 4.78 is 5.16. The average Bonchev–Trinajstić information content (AvgIpc) is 2.89. The van der Waals surface area contributed by atoms with Crippen LogP contribution >= 0.6 is 11.8 Å². The molecule has 0 spiro atoms. The first-order valence-electron chi connectivity index (χ1n) is 7.50. The SMILES string of the molecule is COc1cccc(/C=C2/SC(=O)N(Cc3ccccc3C#N)C2=O)c1. The van der Waals surface area contributed by atoms with Crippen LogP contribution in [0.1, 0.15) is 16.7 Å². The van der Waals surface area contributed by atoms with Gasteiger partial charge in [-0.15, -0.1) is 0 Å². The van der Waals surface area contributed by atoms with Crippen LogP contribution in [0, 0.1) is 11.3 Å². The zero-order valence-corrected chi connectivity index (χ0v) is 14.2. The number of rotatable bonds is 4. The van der Waals surface area contributed by atoms with Gasteiger partial charge in [0.15, 0.2) is 0 Å². The number of nitriles is 1. The van der Waals surface area contributed by atoms with Gasteiger partial charge in [-0.2, -0.15) is 5.26 Å². The van der Waals surface area contributed by atoms with Crippen LogP contribution in [-0.2, 0) is 11.3 Å². The largest absolute Gasteiger partial charge is 0.497 e. The lowest BCUT2D eigenvalue weighted by atomic mass is 10.1. The minimum absolute atomic E-state index is 0.0872. The third-order valence-electron chi connectivity index (χ3n) is 3.73. The Balaban J connectivity index is 1.85. The van der Waals surface area contributed by atoms with E-state index in [-0.39, 0.29) is 17.7 Å². The minimum atomic E-state index is -0.356. The summed E-state index contributed by atoms with van der Waals surface area (Å²) >= 11 is 0.898. The van der Waals surface area contributed by atoms with Crippen molar-refractivity contribution in [3.8, 4) is 11.8 Å². The lowest BCUT2D eigenvalue weighted by Gasteiger charge is -2.13. The number of carbonyl (C=O) groups is 2. The van der Waals surface area contributed by atoms with E-state index in [0.717, 1.165) is 22.2 Å². The second-order valence-corrected chi connectivity index (χ2v) is 6.31. The molecule has 0 radical (unpaired) electrons. The van der Waals surface area contributed by atoms with Gasteiger partial charge in [0, 0.05) is 0 Å². The molecule has 2 aromatic carbocycles. The fourth-order valence-corrected chi connectivity index (χ4v) is 3.29. The van der Waals surface area contributed by atoms with Crippen LogP contribution < -0.4 is 4.74 Å². The molecule has 0 aliphatic carbocycles. The van der Waals surface area contributed by atoms with Gasteiger partial charge < -0.3 is 4.74 Å². The molecule has 5 nitrogen and oxygen atoms in total. The van der Waals surface area contributed by atoms with Gasteiger partial charge in [-0.3, -0.25) is 14.5 Å². The maximum Gasteiger partial charge on any atom is 0.293 e. The second kappa shape index (κ2) is 7.24. The predicted molar refractivity (Wildman–Crippen MR) is 95.7 cm³/mol. The molecule has 0 N–H and O–H groups in total. The molecule has 2 aromatic rings. The molecule has 0 atom stereocenters. The molecule has 3 rings (SSSR count). The summed E-state index contributed by atoms with van der Waals surface area (Å²) in [6, 6.07) is 16.3. The average molecular weight is 350 g/mol. The smallest absolute Gasteiger partial charge is 0.293 e. The van der Waals surface area contributed by atoms with E-state index in [2.05, 4.69) is 6.07 Å². The monoisotopic (exact) mass is 350 g/mol. The summed E-state index contributed by atoms with van der Waals surface area (Å²) in [7, 11) is 1.57. The molecule has 1 fully saturated rings. The van der Waals surface area contributed by atoms with Crippen molar-refractivity contribution in [3.05, 3.63) is 70.1 Å². The molecule has 2 amide bonds. The summed E-state index contributed by atoms with van der Waals surface area (Å²) in [5.41, 5.74) is 1.88. The van der Waals surface area contributed by atoms with Crippen molar-refractivity contribution in [3.63, 3.8) is 0 Å². The number of ether oxygens (including phenoxy) is 1. The molecule has 0 aromatic heterocycles. The maximum absolute atomic E-state index is 12.6. The van der Waals surface area contributed by atoms with Crippen molar-refractivity contribution >= 4 is 29.0 Å². The molecule has 124 valence electrons. The van der Waals surface area contributed by atoms with Crippen LogP contribution in [0.2, 0.25) is 0 Å². The molecule has 25 heavy (non-hydrogen) atoms. The van der Waals surface area contributed by atoms with Crippen molar-refractivity contribution in [2.24, 2.45) is 0 Å². The van der Waals surface area contributed by atoms with Crippen molar-refractivity contribution in [1.29, 1.82) is 5.26 Å². The molecule has 0 bridgehead atoms. The van der Waals surface area contributed by atoms with E-state index >= 15 is 0 Å². The van der Waals surface area contributed by atoms with Crippen LogP contribution in [0.3, 0.4) is 0 Å². The van der Waals surface area contributed by atoms with Crippen LogP contribution in [0.25, 0.3) is 6.08 Å². The first-order valence-corrected chi connectivity index (χ1v) is 8.31. The minimum Gasteiger partial charge on any atom is -0.497 e. The summed E-state index contributed by atoms with van der Waals surface area (Å²) in [6.07, 6.45) is 1.67. The lowest BCUT2D eigenvalue weighted by molar-refractivity contribution is -0.123. The van der Waals surface area contributed by atoms with E-state index in [1.165, 1.54) is 0 Å². The molecule has 1 heterocycles. The van der Waals surface area contributed by atoms with Crippen LogP contribution in [0.15, 0.2) is 53.4 Å². The molecule has 6 heteroatoms. The molecule has 0 saturated carbocycles. The van der Waals surface area contributed by atoms with Gasteiger partial charge in [0.25, 0.3) is 11.1 Å². The molecule has 0 unspecified atom stereocenters. The summed E-state index contributed by atoms with van der Waals surface area (Å²) in [6.45, 7) is 0.0872. The number of hydrogen-bond donors (Lipinski definition) is 0. The van der Waals surface area contributed by atoms with Gasteiger partial charge in [-0.1, -0.05) is 30.3 Å². The zero-order valence-electron chi connectivity index (χ0n) is 13.4. The predicted octanol–water partition coefficient (Wildman–Crippen LogP) is 3.80. The van der Waals surface area contributed by atoms with Gasteiger partial charge >= 0.3 is 0 Å². The molecular formula is C19H14N2O3S. The van der Waals surface area contributed by atoms with Gasteiger partial charge in [0.1, 0.15) is 5.75 Å². The number of nitrogens with zero attached hydrogens (tertiary/aromatic N) is 2. The van der Waals surface area contributed by atoms with Crippen molar-refractivity contribution in [2.75, 3.05) is 7.11 Å². The van der Waals surface area contributed by atoms with E-state index in [4.69, 9.17) is 10.00 Å². The molecule has 1 aliphatic heterocycles. The van der Waals surface area contributed by atoms with E-state index in [0.29, 0.717) is 21.8 Å². The Morgan fingerprint density at radius 3 is 2.76 bits per heavy atom. The number of amides is 2. The second-order valence-electron chi connectivity index (χ2n) is 5.31. The fraction of sp³-hybridized carbons (Fsp3) is 0.105. The van der Waals surface area contributed by atoms with E-state index < -0.39 is 0 Å². The zero-order chi connectivity index (χ0) is 17.8. The normalized spacial score (nSPS) is 15.5. The summed E-state index contributed by atoms with van der Waals surface area (Å²) in [4.78, 5) is 26.3. The highest BCUT2D eigenvalue weighted by atomic mass is 32.2. The first kappa shape index (κ1) is 16.8. The number of hydrogen-bond acceptors (Lipinski definition) is 5. The molecule has 1 saturated heterocycles. The van der Waals surface area contributed by atoms with Crippen LogP contribution in [0.5, 0.6) is 5.75 Å². The number of imide groups is 1. The Morgan fingerprint density at radius 2 is 2.00 bits per heavy atom. The number of carbonyl (C=O) groups excluding carboxylic acids is 2. The van der Waals surface area contributed by atoms with Gasteiger partial charge in [-0.25, -0.2) is 0 Å². The topological polar surface area (TPSA) is 70.4 Å². The maximum atomic E-state index is 12.6. The van der Waals surface area contributed by atoms with Crippen molar-refractivity contribution in [2.45, 2.75) is 6.54 Å². The third kappa shape index (κ3) is 3.57.